The van der Waals surface area contributed by atoms with Crippen molar-refractivity contribution in [2.45, 2.75) is 102 Å². The van der Waals surface area contributed by atoms with Crippen molar-refractivity contribution >= 4 is 5.91 Å². The van der Waals surface area contributed by atoms with Gasteiger partial charge in [-0.15, -0.1) is 5.10 Å². The molecule has 10 nitrogen and oxygen atoms in total. The minimum absolute atomic E-state index is 0.271. The van der Waals surface area contributed by atoms with Gasteiger partial charge in [0.05, 0.1) is 43.3 Å². The molecule has 0 aromatic carbocycles. The van der Waals surface area contributed by atoms with Crippen LogP contribution in [0, 0.1) is 23.2 Å². The molecule has 5 fully saturated rings. The third kappa shape index (κ3) is 5.00. The molecule has 1 aromatic rings. The zero-order valence-electron chi connectivity index (χ0n) is 20.9. The van der Waals surface area contributed by atoms with E-state index in [0.29, 0.717) is 30.8 Å². The van der Waals surface area contributed by atoms with Crippen LogP contribution in [0.15, 0.2) is 6.20 Å². The van der Waals surface area contributed by atoms with Crippen molar-refractivity contribution in [2.75, 3.05) is 13.2 Å². The predicted molar refractivity (Wildman–Crippen MR) is 127 cm³/mol. The average Bonchev–Trinajstić information content (AvgIpc) is 3.23. The summed E-state index contributed by atoms with van der Waals surface area (Å²) in [6, 6.07) is -1.58. The summed E-state index contributed by atoms with van der Waals surface area (Å²) in [5.74, 6) is 2.42. The largest absolute Gasteiger partial charge is 0.395 e. The maximum Gasteiger partial charge on any atom is 0.217 e. The number of carbonyl (C=O) groups is 1. The first kappa shape index (κ1) is 25.1. The van der Waals surface area contributed by atoms with E-state index in [2.05, 4.69) is 15.6 Å². The topological polar surface area (TPSA) is 133 Å². The van der Waals surface area contributed by atoms with Crippen LogP contribution in [0.3, 0.4) is 0 Å². The van der Waals surface area contributed by atoms with Crippen molar-refractivity contribution in [2.24, 2.45) is 23.2 Å². The molecule has 4 bridgehead atoms. The molecule has 5 atom stereocenters. The molecule has 1 aromatic heterocycles. The highest BCUT2D eigenvalue weighted by molar-refractivity contribution is 5.73. The first-order valence-electron chi connectivity index (χ1n) is 13.3. The molecule has 0 radical (unpaired) electrons. The standard InChI is InChI=1S/C25H41N5O5/c1-3-20-22(26-15(2)32)24(34)23(33)21(12-31)30(20)11-19-10-29(28-27-19)14-35-13-25-7-16-4-17(8-25)6-18(5-16)9-25/h10,16-18,20-24,31,33-34H,3-9,11-14H2,1-2H3,(H,26,32)/t16?,17?,18?,20-,21+,22-,23+,24+,25?/m0/s1. The Morgan fingerprint density at radius 3 is 2.37 bits per heavy atom. The fourth-order valence-corrected chi connectivity index (χ4v) is 8.15. The summed E-state index contributed by atoms with van der Waals surface area (Å²) in [6.45, 7) is 4.50. The van der Waals surface area contributed by atoms with Gasteiger partial charge in [0, 0.05) is 19.5 Å². The van der Waals surface area contributed by atoms with Gasteiger partial charge in [-0.05, 0) is 68.1 Å². The zero-order valence-corrected chi connectivity index (χ0v) is 20.9. The Balaban J connectivity index is 1.21. The first-order chi connectivity index (χ1) is 16.8. The lowest BCUT2D eigenvalue weighted by molar-refractivity contribution is -0.142. The van der Waals surface area contributed by atoms with Crippen LogP contribution in [0.4, 0.5) is 0 Å². The number of aliphatic hydroxyl groups excluding tert-OH is 3. The molecule has 1 saturated heterocycles. The normalized spacial score (nSPS) is 40.8. The molecular weight excluding hydrogens is 450 g/mol. The molecule has 6 rings (SSSR count). The number of carbonyl (C=O) groups excluding carboxylic acids is 1. The smallest absolute Gasteiger partial charge is 0.217 e. The molecule has 4 saturated carbocycles. The highest BCUT2D eigenvalue weighted by atomic mass is 16.5. The summed E-state index contributed by atoms with van der Waals surface area (Å²) in [4.78, 5) is 13.7. The Bertz CT molecular complexity index is 858. The quantitative estimate of drug-likeness (QED) is 0.396. The summed E-state index contributed by atoms with van der Waals surface area (Å²) in [5, 5.41) is 42.6. The summed E-state index contributed by atoms with van der Waals surface area (Å²) in [5.41, 5.74) is 1.04. The van der Waals surface area contributed by atoms with Gasteiger partial charge in [-0.1, -0.05) is 12.1 Å². The van der Waals surface area contributed by atoms with Gasteiger partial charge in [-0.3, -0.25) is 9.69 Å². The van der Waals surface area contributed by atoms with Gasteiger partial charge < -0.3 is 25.4 Å². The van der Waals surface area contributed by atoms with Crippen molar-refractivity contribution < 1.29 is 24.9 Å². The van der Waals surface area contributed by atoms with Gasteiger partial charge >= 0.3 is 0 Å². The van der Waals surface area contributed by atoms with Crippen molar-refractivity contribution in [3.8, 4) is 0 Å². The van der Waals surface area contributed by atoms with Gasteiger partial charge in [0.15, 0.2) is 0 Å². The van der Waals surface area contributed by atoms with Crippen LogP contribution in [0.5, 0.6) is 0 Å². The molecular formula is C25H41N5O5. The van der Waals surface area contributed by atoms with Gasteiger partial charge in [0.2, 0.25) is 5.91 Å². The number of aromatic nitrogens is 3. The second-order valence-electron chi connectivity index (χ2n) is 11.7. The number of nitrogens with zero attached hydrogens (tertiary/aromatic N) is 4. The molecule has 2 heterocycles. The second kappa shape index (κ2) is 10.0. The number of ether oxygens (including phenoxy) is 1. The van der Waals surface area contributed by atoms with Gasteiger partial charge in [0.25, 0.3) is 0 Å². The minimum atomic E-state index is -1.20. The van der Waals surface area contributed by atoms with Crippen LogP contribution in [-0.2, 0) is 22.8 Å². The summed E-state index contributed by atoms with van der Waals surface area (Å²) in [6.07, 6.45) is 8.28. The van der Waals surface area contributed by atoms with Crippen LogP contribution in [0.25, 0.3) is 0 Å². The lowest BCUT2D eigenvalue weighted by Crippen LogP contribution is -2.70. The number of amides is 1. The molecule has 0 spiro atoms. The number of piperidine rings is 1. The van der Waals surface area contributed by atoms with E-state index in [-0.39, 0.29) is 18.6 Å². The van der Waals surface area contributed by atoms with E-state index in [1.165, 1.54) is 45.4 Å². The Morgan fingerprint density at radius 2 is 1.80 bits per heavy atom. The monoisotopic (exact) mass is 491 g/mol. The lowest BCUT2D eigenvalue weighted by atomic mass is 9.50. The average molecular weight is 492 g/mol. The van der Waals surface area contributed by atoms with Crippen molar-refractivity contribution in [1.29, 1.82) is 0 Å². The van der Waals surface area contributed by atoms with E-state index in [9.17, 15) is 20.1 Å². The molecule has 0 unspecified atom stereocenters. The van der Waals surface area contributed by atoms with Crippen LogP contribution in [0.2, 0.25) is 0 Å². The molecule has 1 amide bonds. The van der Waals surface area contributed by atoms with E-state index in [1.807, 2.05) is 18.0 Å². The number of nitrogens with one attached hydrogen (secondary N) is 1. The number of rotatable bonds is 9. The first-order valence-corrected chi connectivity index (χ1v) is 13.3. The third-order valence-electron chi connectivity index (χ3n) is 9.08. The molecule has 5 aliphatic rings. The van der Waals surface area contributed by atoms with E-state index < -0.39 is 24.3 Å². The Labute approximate surface area is 207 Å². The molecule has 4 N–H and O–H groups in total. The second-order valence-corrected chi connectivity index (χ2v) is 11.7. The highest BCUT2D eigenvalue weighted by Crippen LogP contribution is 2.60. The van der Waals surface area contributed by atoms with E-state index in [0.717, 1.165) is 24.4 Å². The molecule has 10 heteroatoms. The number of hydrogen-bond acceptors (Lipinski definition) is 8. The van der Waals surface area contributed by atoms with Gasteiger partial charge in [-0.2, -0.15) is 0 Å². The summed E-state index contributed by atoms with van der Waals surface area (Å²) in [7, 11) is 0. The Hall–Kier alpha value is -1.59. The van der Waals surface area contributed by atoms with Crippen molar-refractivity contribution in [1.82, 2.24) is 25.2 Å². The fourth-order valence-electron chi connectivity index (χ4n) is 8.15. The fraction of sp³-hybridized carbons (Fsp3) is 0.880. The van der Waals surface area contributed by atoms with Gasteiger partial charge in [-0.25, -0.2) is 4.68 Å². The summed E-state index contributed by atoms with van der Waals surface area (Å²) >= 11 is 0. The van der Waals surface area contributed by atoms with Crippen molar-refractivity contribution in [3.05, 3.63) is 11.9 Å². The maximum atomic E-state index is 11.7. The van der Waals surface area contributed by atoms with Gasteiger partial charge in [0.1, 0.15) is 12.8 Å². The maximum absolute atomic E-state index is 11.7. The number of likely N-dealkylation sites (tertiary alicyclic amines) is 1. The van der Waals surface area contributed by atoms with Crippen LogP contribution in [-0.4, -0.2) is 84.7 Å². The zero-order chi connectivity index (χ0) is 24.7. The van der Waals surface area contributed by atoms with E-state index >= 15 is 0 Å². The number of aliphatic hydroxyl groups is 3. The summed E-state index contributed by atoms with van der Waals surface area (Å²) < 4.78 is 7.87. The molecule has 1 aliphatic heterocycles. The lowest BCUT2D eigenvalue weighted by Gasteiger charge is -2.56. The van der Waals surface area contributed by atoms with E-state index in [1.54, 1.807) is 4.68 Å². The van der Waals surface area contributed by atoms with Crippen molar-refractivity contribution in [3.63, 3.8) is 0 Å². The SMILES string of the molecule is CC[C@H]1[C@H](NC(C)=O)[C@@H](O)[C@H](O)[C@@H](CO)N1Cc1cn(COCC23CC4CC(CC(C4)C2)C3)nn1. The molecule has 35 heavy (non-hydrogen) atoms. The predicted octanol–water partition coefficient (Wildman–Crippen LogP) is 0.650. The minimum Gasteiger partial charge on any atom is -0.395 e. The van der Waals surface area contributed by atoms with E-state index in [4.69, 9.17) is 4.74 Å². The highest BCUT2D eigenvalue weighted by Gasteiger charge is 2.51. The molecule has 196 valence electrons. The molecule has 4 aliphatic carbocycles. The Morgan fingerprint density at radius 1 is 1.14 bits per heavy atom. The third-order valence-corrected chi connectivity index (χ3v) is 9.08. The number of hydrogen-bond donors (Lipinski definition) is 4. The Kier molecular flexibility index (Phi) is 7.20. The van der Waals surface area contributed by atoms with Crippen LogP contribution < -0.4 is 5.32 Å². The van der Waals surface area contributed by atoms with Crippen LogP contribution in [0.1, 0.15) is 64.5 Å². The van der Waals surface area contributed by atoms with Crippen LogP contribution >= 0.6 is 0 Å².